The maximum Gasteiger partial charge on any atom is 0.234 e. The van der Waals surface area contributed by atoms with E-state index in [-0.39, 0.29) is 11.9 Å². The summed E-state index contributed by atoms with van der Waals surface area (Å²) >= 11 is 0. The largest absolute Gasteiger partial charge is 0.368 e. The molecule has 0 aliphatic rings. The molecule has 1 amide bonds. The van der Waals surface area contributed by atoms with E-state index in [1.54, 1.807) is 0 Å². The first-order chi connectivity index (χ1) is 6.49. The number of nitrogens with zero attached hydrogens (tertiary/aromatic N) is 1. The number of primary amides is 1. The van der Waals surface area contributed by atoms with Crippen LogP contribution >= 0.6 is 0 Å². The number of nitrogens with one attached hydrogen (secondary N) is 1. The summed E-state index contributed by atoms with van der Waals surface area (Å²) in [6.07, 6.45) is 0.751. The van der Waals surface area contributed by atoms with E-state index in [9.17, 15) is 4.79 Å². The molecule has 4 nitrogen and oxygen atoms in total. The van der Waals surface area contributed by atoms with Crippen molar-refractivity contribution in [1.29, 1.82) is 0 Å². The monoisotopic (exact) mass is 201 g/mol. The van der Waals surface area contributed by atoms with Gasteiger partial charge in [-0.2, -0.15) is 0 Å². The van der Waals surface area contributed by atoms with Gasteiger partial charge in [-0.05, 0) is 27.3 Å². The van der Waals surface area contributed by atoms with Gasteiger partial charge in [0.2, 0.25) is 5.91 Å². The topological polar surface area (TPSA) is 58.4 Å². The van der Waals surface area contributed by atoms with Crippen molar-refractivity contribution in [3.63, 3.8) is 0 Å². The van der Waals surface area contributed by atoms with Crippen LogP contribution in [0.1, 0.15) is 27.2 Å². The quantitative estimate of drug-likeness (QED) is 0.618. The molecule has 0 bridgehead atoms. The van der Waals surface area contributed by atoms with Gasteiger partial charge in [0, 0.05) is 19.1 Å². The molecule has 0 fully saturated rings. The van der Waals surface area contributed by atoms with Crippen LogP contribution in [0, 0.1) is 0 Å². The van der Waals surface area contributed by atoms with Crippen LogP contribution in [-0.4, -0.2) is 43.0 Å². The fourth-order valence-electron chi connectivity index (χ4n) is 1.12. The SMILES string of the molecule is CCC(NCCN(C)C(C)C)C(N)=O. The lowest BCUT2D eigenvalue weighted by atomic mass is 10.2. The van der Waals surface area contributed by atoms with Crippen LogP contribution in [-0.2, 0) is 4.79 Å². The first-order valence-electron chi connectivity index (χ1n) is 5.22. The molecule has 0 radical (unpaired) electrons. The molecular formula is C10H23N3O. The molecule has 0 aliphatic heterocycles. The minimum absolute atomic E-state index is 0.185. The lowest BCUT2D eigenvalue weighted by molar-refractivity contribution is -0.120. The summed E-state index contributed by atoms with van der Waals surface area (Å²) in [5.41, 5.74) is 5.21. The van der Waals surface area contributed by atoms with E-state index in [2.05, 4.69) is 31.1 Å². The van der Waals surface area contributed by atoms with Crippen molar-refractivity contribution in [2.24, 2.45) is 5.73 Å². The zero-order chi connectivity index (χ0) is 11.1. The minimum atomic E-state index is -0.264. The van der Waals surface area contributed by atoms with Crippen molar-refractivity contribution < 1.29 is 4.79 Å². The Morgan fingerprint density at radius 3 is 2.43 bits per heavy atom. The molecule has 1 unspecified atom stereocenters. The molecule has 0 aromatic rings. The fourth-order valence-corrected chi connectivity index (χ4v) is 1.12. The molecule has 4 heteroatoms. The summed E-state index contributed by atoms with van der Waals surface area (Å²) in [4.78, 5) is 13.1. The van der Waals surface area contributed by atoms with Crippen molar-refractivity contribution in [2.75, 3.05) is 20.1 Å². The van der Waals surface area contributed by atoms with Gasteiger partial charge in [-0.1, -0.05) is 6.92 Å². The third-order valence-electron chi connectivity index (χ3n) is 2.49. The smallest absolute Gasteiger partial charge is 0.234 e. The number of amides is 1. The van der Waals surface area contributed by atoms with E-state index >= 15 is 0 Å². The van der Waals surface area contributed by atoms with E-state index in [0.717, 1.165) is 19.5 Å². The predicted octanol–water partition coefficient (Wildman–Crippen LogP) is 0.180. The Bertz CT molecular complexity index is 171. The first kappa shape index (κ1) is 13.4. The molecule has 0 aromatic heterocycles. The molecule has 14 heavy (non-hydrogen) atoms. The second kappa shape index (κ2) is 6.79. The molecule has 0 spiro atoms. The molecule has 84 valence electrons. The van der Waals surface area contributed by atoms with E-state index in [1.165, 1.54) is 0 Å². The van der Waals surface area contributed by atoms with Crippen LogP contribution in [0.4, 0.5) is 0 Å². The van der Waals surface area contributed by atoms with E-state index in [1.807, 2.05) is 6.92 Å². The minimum Gasteiger partial charge on any atom is -0.368 e. The van der Waals surface area contributed by atoms with Gasteiger partial charge in [0.15, 0.2) is 0 Å². The Labute approximate surface area is 86.8 Å². The zero-order valence-electron chi connectivity index (χ0n) is 9.71. The second-order valence-electron chi connectivity index (χ2n) is 3.89. The molecule has 0 saturated carbocycles. The van der Waals surface area contributed by atoms with Gasteiger partial charge < -0.3 is 16.0 Å². The summed E-state index contributed by atoms with van der Waals surface area (Å²) < 4.78 is 0. The van der Waals surface area contributed by atoms with Crippen LogP contribution in [0.5, 0.6) is 0 Å². The van der Waals surface area contributed by atoms with Crippen molar-refractivity contribution >= 4 is 5.91 Å². The van der Waals surface area contributed by atoms with E-state index in [4.69, 9.17) is 5.73 Å². The maximum atomic E-state index is 10.9. The number of nitrogens with two attached hydrogens (primary N) is 1. The summed E-state index contributed by atoms with van der Waals surface area (Å²) in [5.74, 6) is -0.264. The Kier molecular flexibility index (Phi) is 6.49. The highest BCUT2D eigenvalue weighted by Gasteiger charge is 2.11. The predicted molar refractivity (Wildman–Crippen MR) is 59.0 cm³/mol. The van der Waals surface area contributed by atoms with Gasteiger partial charge in [0.25, 0.3) is 0 Å². The summed E-state index contributed by atoms with van der Waals surface area (Å²) in [7, 11) is 2.07. The second-order valence-corrected chi connectivity index (χ2v) is 3.89. The molecule has 0 saturated heterocycles. The van der Waals surface area contributed by atoms with E-state index in [0.29, 0.717) is 6.04 Å². The molecule has 3 N–H and O–H groups in total. The zero-order valence-corrected chi connectivity index (χ0v) is 9.71. The Morgan fingerprint density at radius 1 is 1.50 bits per heavy atom. The number of likely N-dealkylation sites (N-methyl/N-ethyl adjacent to an activating group) is 1. The summed E-state index contributed by atoms with van der Waals surface area (Å²) in [5, 5.41) is 3.14. The van der Waals surface area contributed by atoms with Crippen molar-refractivity contribution in [3.8, 4) is 0 Å². The highest BCUT2D eigenvalue weighted by Crippen LogP contribution is 1.93. The van der Waals surface area contributed by atoms with Gasteiger partial charge in [0.05, 0.1) is 6.04 Å². The molecule has 0 aromatic carbocycles. The van der Waals surface area contributed by atoms with Gasteiger partial charge in [0.1, 0.15) is 0 Å². The van der Waals surface area contributed by atoms with Gasteiger partial charge in [-0.3, -0.25) is 4.79 Å². The summed E-state index contributed by atoms with van der Waals surface area (Å²) in [6.45, 7) is 7.98. The Hall–Kier alpha value is -0.610. The van der Waals surface area contributed by atoms with E-state index < -0.39 is 0 Å². The summed E-state index contributed by atoms with van der Waals surface area (Å²) in [6, 6.07) is 0.348. The van der Waals surface area contributed by atoms with Gasteiger partial charge in [-0.15, -0.1) is 0 Å². The highest BCUT2D eigenvalue weighted by molar-refractivity contribution is 5.79. The van der Waals surface area contributed by atoms with Crippen LogP contribution < -0.4 is 11.1 Å². The van der Waals surface area contributed by atoms with Gasteiger partial charge >= 0.3 is 0 Å². The molecule has 0 rings (SSSR count). The number of carbonyl (C=O) groups is 1. The molecule has 0 heterocycles. The number of rotatable bonds is 7. The normalized spacial score (nSPS) is 13.6. The number of carbonyl (C=O) groups excluding carboxylic acids is 1. The van der Waals surface area contributed by atoms with Crippen LogP contribution in [0.2, 0.25) is 0 Å². The average molecular weight is 201 g/mol. The third kappa shape index (κ3) is 5.19. The lowest BCUT2D eigenvalue weighted by Crippen LogP contribution is -2.44. The Morgan fingerprint density at radius 2 is 2.07 bits per heavy atom. The average Bonchev–Trinajstić information content (AvgIpc) is 2.11. The van der Waals surface area contributed by atoms with Crippen molar-refractivity contribution in [2.45, 2.75) is 39.3 Å². The highest BCUT2D eigenvalue weighted by atomic mass is 16.1. The van der Waals surface area contributed by atoms with Gasteiger partial charge in [-0.25, -0.2) is 0 Å². The molecule has 0 aliphatic carbocycles. The number of hydrogen-bond acceptors (Lipinski definition) is 3. The van der Waals surface area contributed by atoms with Crippen LogP contribution in [0.15, 0.2) is 0 Å². The first-order valence-corrected chi connectivity index (χ1v) is 5.22. The van der Waals surface area contributed by atoms with Crippen LogP contribution in [0.3, 0.4) is 0 Å². The maximum absolute atomic E-state index is 10.9. The van der Waals surface area contributed by atoms with Crippen LogP contribution in [0.25, 0.3) is 0 Å². The fraction of sp³-hybridized carbons (Fsp3) is 0.900. The standard InChI is InChI=1S/C10H23N3O/c1-5-9(10(11)14)12-6-7-13(4)8(2)3/h8-9,12H,5-7H2,1-4H3,(H2,11,14). The third-order valence-corrected chi connectivity index (χ3v) is 2.49. The van der Waals surface area contributed by atoms with Crippen molar-refractivity contribution in [3.05, 3.63) is 0 Å². The molecular weight excluding hydrogens is 178 g/mol. The number of hydrogen-bond donors (Lipinski definition) is 2. The molecule has 1 atom stereocenters. The Balaban J connectivity index is 3.66. The van der Waals surface area contributed by atoms with Crippen molar-refractivity contribution in [1.82, 2.24) is 10.2 Å². The lowest BCUT2D eigenvalue weighted by Gasteiger charge is -2.22.